The SMILES string of the molecule is Cc1nn2c(c1-c1ccc(F)cc1)NC(=O)C2CC(=O)Nc1cccc(Cl)c1Cl. The predicted octanol–water partition coefficient (Wildman–Crippen LogP) is 4.83. The van der Waals surface area contributed by atoms with Crippen LogP contribution in [0.15, 0.2) is 42.5 Å². The molecule has 0 aliphatic carbocycles. The summed E-state index contributed by atoms with van der Waals surface area (Å²) in [7, 11) is 0. The monoisotopic (exact) mass is 432 g/mol. The number of fused-ring (bicyclic) bond motifs is 1. The summed E-state index contributed by atoms with van der Waals surface area (Å²) in [5.41, 5.74) is 2.45. The van der Waals surface area contributed by atoms with Crippen molar-refractivity contribution in [2.45, 2.75) is 19.4 Å². The highest BCUT2D eigenvalue weighted by molar-refractivity contribution is 6.44. The van der Waals surface area contributed by atoms with Crippen LogP contribution in [0.2, 0.25) is 10.0 Å². The zero-order chi connectivity index (χ0) is 20.7. The van der Waals surface area contributed by atoms with Crippen molar-refractivity contribution in [3.63, 3.8) is 0 Å². The van der Waals surface area contributed by atoms with E-state index in [0.717, 1.165) is 5.56 Å². The molecule has 3 aromatic rings. The summed E-state index contributed by atoms with van der Waals surface area (Å²) in [4.78, 5) is 25.0. The first-order valence-corrected chi connectivity index (χ1v) is 9.50. The van der Waals surface area contributed by atoms with Gasteiger partial charge in [0.25, 0.3) is 5.91 Å². The molecule has 29 heavy (non-hydrogen) atoms. The van der Waals surface area contributed by atoms with E-state index in [9.17, 15) is 14.0 Å². The molecule has 0 saturated heterocycles. The van der Waals surface area contributed by atoms with Gasteiger partial charge in [-0.1, -0.05) is 41.4 Å². The second kappa shape index (κ2) is 7.50. The van der Waals surface area contributed by atoms with E-state index in [0.29, 0.717) is 27.8 Å². The minimum atomic E-state index is -0.809. The van der Waals surface area contributed by atoms with E-state index in [-0.39, 0.29) is 23.2 Å². The Morgan fingerprint density at radius 1 is 1.24 bits per heavy atom. The molecule has 2 N–H and O–H groups in total. The third-order valence-electron chi connectivity index (χ3n) is 4.66. The summed E-state index contributed by atoms with van der Waals surface area (Å²) >= 11 is 12.1. The summed E-state index contributed by atoms with van der Waals surface area (Å²) in [5, 5.41) is 10.4. The highest BCUT2D eigenvalue weighted by Gasteiger charge is 2.36. The molecule has 148 valence electrons. The van der Waals surface area contributed by atoms with Gasteiger partial charge in [-0.3, -0.25) is 9.59 Å². The number of hydrogen-bond acceptors (Lipinski definition) is 3. The third kappa shape index (κ3) is 3.59. The van der Waals surface area contributed by atoms with E-state index in [4.69, 9.17) is 23.2 Å². The van der Waals surface area contributed by atoms with Gasteiger partial charge in [0.15, 0.2) is 0 Å². The molecule has 2 heterocycles. The molecule has 1 aliphatic rings. The quantitative estimate of drug-likeness (QED) is 0.619. The van der Waals surface area contributed by atoms with E-state index in [2.05, 4.69) is 15.7 Å². The summed E-state index contributed by atoms with van der Waals surface area (Å²) in [6, 6.07) is 10.0. The van der Waals surface area contributed by atoms with Crippen molar-refractivity contribution in [2.24, 2.45) is 0 Å². The number of nitrogens with zero attached hydrogens (tertiary/aromatic N) is 2. The van der Waals surface area contributed by atoms with Crippen molar-refractivity contribution >= 4 is 46.5 Å². The number of rotatable bonds is 4. The zero-order valence-corrected chi connectivity index (χ0v) is 16.7. The molecule has 6 nitrogen and oxygen atoms in total. The molecule has 9 heteroatoms. The van der Waals surface area contributed by atoms with Crippen LogP contribution in [0.5, 0.6) is 0 Å². The van der Waals surface area contributed by atoms with Crippen molar-refractivity contribution in [3.8, 4) is 11.1 Å². The lowest BCUT2D eigenvalue weighted by Crippen LogP contribution is -2.24. The van der Waals surface area contributed by atoms with Gasteiger partial charge in [-0.15, -0.1) is 0 Å². The van der Waals surface area contributed by atoms with Gasteiger partial charge >= 0.3 is 0 Å². The standard InChI is InChI=1S/C20H15Cl2FN4O2/c1-10-17(11-5-7-12(23)8-6-11)19-25-20(29)15(27(19)26-10)9-16(28)24-14-4-2-3-13(21)18(14)22/h2-8,15H,9H2,1H3,(H,24,28)(H,25,29). The number of nitrogens with one attached hydrogen (secondary N) is 2. The fourth-order valence-corrected chi connectivity index (χ4v) is 3.67. The van der Waals surface area contributed by atoms with Crippen LogP contribution < -0.4 is 10.6 Å². The maximum atomic E-state index is 13.3. The van der Waals surface area contributed by atoms with Crippen molar-refractivity contribution in [2.75, 3.05) is 10.6 Å². The van der Waals surface area contributed by atoms with Crippen LogP contribution in [0.3, 0.4) is 0 Å². The lowest BCUT2D eigenvalue weighted by atomic mass is 10.1. The van der Waals surface area contributed by atoms with Gasteiger partial charge < -0.3 is 10.6 Å². The molecule has 0 bridgehead atoms. The van der Waals surface area contributed by atoms with E-state index in [1.807, 2.05) is 0 Å². The fourth-order valence-electron chi connectivity index (χ4n) is 3.32. The molecule has 1 aliphatic heterocycles. The molecule has 2 aromatic carbocycles. The van der Waals surface area contributed by atoms with Crippen LogP contribution in [0.4, 0.5) is 15.9 Å². The van der Waals surface area contributed by atoms with Gasteiger partial charge in [0.1, 0.15) is 17.7 Å². The lowest BCUT2D eigenvalue weighted by Gasteiger charge is -2.11. The minimum Gasteiger partial charge on any atom is -0.325 e. The summed E-state index contributed by atoms with van der Waals surface area (Å²) in [6.07, 6.45) is -0.133. The Morgan fingerprint density at radius 2 is 1.97 bits per heavy atom. The van der Waals surface area contributed by atoms with Crippen LogP contribution in [-0.2, 0) is 9.59 Å². The molecule has 0 fully saturated rings. The molecule has 0 spiro atoms. The van der Waals surface area contributed by atoms with Crippen LogP contribution in [0, 0.1) is 12.7 Å². The molecular weight excluding hydrogens is 418 g/mol. The smallest absolute Gasteiger partial charge is 0.251 e. The Bertz CT molecular complexity index is 1130. The second-order valence-corrected chi connectivity index (χ2v) is 7.40. The molecule has 4 rings (SSSR count). The van der Waals surface area contributed by atoms with E-state index in [1.165, 1.54) is 16.8 Å². The van der Waals surface area contributed by atoms with Gasteiger partial charge in [0.05, 0.1) is 27.8 Å². The topological polar surface area (TPSA) is 76.0 Å². The summed E-state index contributed by atoms with van der Waals surface area (Å²) < 4.78 is 14.7. The first kappa shape index (κ1) is 19.4. The van der Waals surface area contributed by atoms with Crippen molar-refractivity contribution in [3.05, 3.63) is 64.0 Å². The molecule has 2 amide bonds. The fraction of sp³-hybridized carbons (Fsp3) is 0.150. The maximum Gasteiger partial charge on any atom is 0.251 e. The Hall–Kier alpha value is -2.90. The normalized spacial score (nSPS) is 15.2. The number of aryl methyl sites for hydroxylation is 1. The number of anilines is 2. The molecule has 1 unspecified atom stereocenters. The van der Waals surface area contributed by atoms with Crippen LogP contribution in [0.1, 0.15) is 18.2 Å². The molecule has 0 saturated carbocycles. The number of halogens is 3. The van der Waals surface area contributed by atoms with Crippen LogP contribution in [-0.4, -0.2) is 21.6 Å². The molecule has 0 radical (unpaired) electrons. The van der Waals surface area contributed by atoms with E-state index >= 15 is 0 Å². The number of hydrogen-bond donors (Lipinski definition) is 2. The number of aromatic nitrogens is 2. The zero-order valence-electron chi connectivity index (χ0n) is 15.2. The summed E-state index contributed by atoms with van der Waals surface area (Å²) in [5.74, 6) is -0.618. The molecular formula is C20H15Cl2FN4O2. The van der Waals surface area contributed by atoms with Crippen LogP contribution >= 0.6 is 23.2 Å². The Labute approximate surface area is 175 Å². The minimum absolute atomic E-state index is 0.133. The van der Waals surface area contributed by atoms with Gasteiger partial charge in [0.2, 0.25) is 5.91 Å². The largest absolute Gasteiger partial charge is 0.325 e. The average Bonchev–Trinajstić information content (AvgIpc) is 3.14. The van der Waals surface area contributed by atoms with E-state index in [1.54, 1.807) is 37.3 Å². The van der Waals surface area contributed by atoms with Gasteiger partial charge in [0, 0.05) is 5.56 Å². The van der Waals surface area contributed by atoms with Crippen molar-refractivity contribution in [1.29, 1.82) is 0 Å². The third-order valence-corrected chi connectivity index (χ3v) is 5.48. The first-order chi connectivity index (χ1) is 13.8. The van der Waals surface area contributed by atoms with Gasteiger partial charge in [-0.25, -0.2) is 9.07 Å². The molecule has 1 aromatic heterocycles. The number of carbonyl (C=O) groups is 2. The van der Waals surface area contributed by atoms with E-state index < -0.39 is 11.9 Å². The number of amides is 2. The van der Waals surface area contributed by atoms with Crippen LogP contribution in [0.25, 0.3) is 11.1 Å². The number of benzene rings is 2. The van der Waals surface area contributed by atoms with Gasteiger partial charge in [-0.2, -0.15) is 5.10 Å². The summed E-state index contributed by atoms with van der Waals surface area (Å²) in [6.45, 7) is 1.79. The van der Waals surface area contributed by atoms with Crippen molar-refractivity contribution in [1.82, 2.24) is 9.78 Å². The molecule has 1 atom stereocenters. The highest BCUT2D eigenvalue weighted by atomic mass is 35.5. The first-order valence-electron chi connectivity index (χ1n) is 8.75. The van der Waals surface area contributed by atoms with Gasteiger partial charge in [-0.05, 0) is 36.8 Å². The Balaban J connectivity index is 1.59. The number of carbonyl (C=O) groups excluding carboxylic acids is 2. The Kier molecular flexibility index (Phi) is 5.02. The van der Waals surface area contributed by atoms with Crippen molar-refractivity contribution < 1.29 is 14.0 Å². The Morgan fingerprint density at radius 3 is 2.69 bits per heavy atom. The second-order valence-electron chi connectivity index (χ2n) is 6.62. The lowest BCUT2D eigenvalue weighted by molar-refractivity contribution is -0.123. The predicted molar refractivity (Wildman–Crippen MR) is 110 cm³/mol. The maximum absolute atomic E-state index is 13.3. The highest BCUT2D eigenvalue weighted by Crippen LogP contribution is 2.38. The average molecular weight is 433 g/mol.